The Balaban J connectivity index is 2.90. The highest BCUT2D eigenvalue weighted by atomic mass is 16.4. The molecule has 92 valence electrons. The molecule has 0 aliphatic heterocycles. The van der Waals surface area contributed by atoms with Crippen LogP contribution in [0.15, 0.2) is 0 Å². The molecule has 1 fully saturated rings. The molecular formula is C13H21O3-. The van der Waals surface area contributed by atoms with Crippen molar-refractivity contribution in [2.45, 2.75) is 52.9 Å². The first-order chi connectivity index (χ1) is 7.41. The van der Waals surface area contributed by atoms with Gasteiger partial charge in [0, 0.05) is 23.7 Å². The molecule has 0 saturated heterocycles. The van der Waals surface area contributed by atoms with Crippen LogP contribution in [-0.4, -0.2) is 11.8 Å². The summed E-state index contributed by atoms with van der Waals surface area (Å²) in [4.78, 5) is 23.0. The van der Waals surface area contributed by atoms with E-state index in [0.29, 0.717) is 6.42 Å². The number of hydrogen-bond acceptors (Lipinski definition) is 3. The molecular weight excluding hydrogens is 204 g/mol. The maximum absolute atomic E-state index is 11.8. The summed E-state index contributed by atoms with van der Waals surface area (Å²) < 4.78 is 0. The Bertz CT molecular complexity index is 281. The van der Waals surface area contributed by atoms with Crippen molar-refractivity contribution in [3.8, 4) is 0 Å². The third kappa shape index (κ3) is 2.45. The summed E-state index contributed by atoms with van der Waals surface area (Å²) in [5.74, 6) is -0.960. The van der Waals surface area contributed by atoms with Crippen LogP contribution in [0.2, 0.25) is 0 Å². The molecule has 0 aromatic heterocycles. The minimum absolute atomic E-state index is 0.0568. The van der Waals surface area contributed by atoms with Crippen LogP contribution in [0, 0.1) is 17.3 Å². The molecule has 0 heterocycles. The molecule has 0 unspecified atom stereocenters. The van der Waals surface area contributed by atoms with Crippen LogP contribution < -0.4 is 5.11 Å². The lowest BCUT2D eigenvalue weighted by molar-refractivity contribution is -0.321. The number of carbonyl (C=O) groups is 2. The van der Waals surface area contributed by atoms with Crippen LogP contribution in [0.4, 0.5) is 0 Å². The summed E-state index contributed by atoms with van der Waals surface area (Å²) in [5.41, 5.74) is -0.893. The maximum Gasteiger partial charge on any atom is 0.136 e. The van der Waals surface area contributed by atoms with Gasteiger partial charge in [-0.2, -0.15) is 0 Å². The molecule has 1 aliphatic carbocycles. The predicted octanol–water partition coefficient (Wildman–Crippen LogP) is 1.55. The van der Waals surface area contributed by atoms with Gasteiger partial charge in [0.05, 0.1) is 0 Å². The SMILES string of the molecule is CCC(=O)[C@H]1CCCC[C@@H]1C(C)(C)C(=O)[O-]. The summed E-state index contributed by atoms with van der Waals surface area (Å²) in [6.07, 6.45) is 4.24. The largest absolute Gasteiger partial charge is 0.550 e. The summed E-state index contributed by atoms with van der Waals surface area (Å²) >= 11 is 0. The van der Waals surface area contributed by atoms with E-state index in [0.717, 1.165) is 25.7 Å². The molecule has 0 N–H and O–H groups in total. The fourth-order valence-corrected chi connectivity index (χ4v) is 2.79. The third-order valence-electron chi connectivity index (χ3n) is 3.98. The normalized spacial score (nSPS) is 26.4. The van der Waals surface area contributed by atoms with Crippen LogP contribution in [-0.2, 0) is 9.59 Å². The lowest BCUT2D eigenvalue weighted by Crippen LogP contribution is -2.48. The Kier molecular flexibility index (Phi) is 4.11. The van der Waals surface area contributed by atoms with Gasteiger partial charge in [-0.25, -0.2) is 0 Å². The van der Waals surface area contributed by atoms with E-state index in [9.17, 15) is 14.7 Å². The van der Waals surface area contributed by atoms with Crippen molar-refractivity contribution < 1.29 is 14.7 Å². The van der Waals surface area contributed by atoms with Gasteiger partial charge in [0.25, 0.3) is 0 Å². The summed E-state index contributed by atoms with van der Waals surface area (Å²) in [6, 6.07) is 0. The average molecular weight is 225 g/mol. The molecule has 0 radical (unpaired) electrons. The number of ketones is 1. The molecule has 3 nitrogen and oxygen atoms in total. The van der Waals surface area contributed by atoms with Gasteiger partial charge in [-0.1, -0.05) is 33.6 Å². The number of rotatable bonds is 4. The number of Topliss-reactive ketones (excluding diaryl/α,β-unsaturated/α-hetero) is 1. The van der Waals surface area contributed by atoms with Gasteiger partial charge < -0.3 is 9.90 Å². The Labute approximate surface area is 97.2 Å². The van der Waals surface area contributed by atoms with Gasteiger partial charge in [0.2, 0.25) is 0 Å². The number of carbonyl (C=O) groups excluding carboxylic acids is 2. The van der Waals surface area contributed by atoms with Gasteiger partial charge in [-0.3, -0.25) is 4.79 Å². The third-order valence-corrected chi connectivity index (χ3v) is 3.98. The zero-order valence-electron chi connectivity index (χ0n) is 10.4. The van der Waals surface area contributed by atoms with E-state index in [1.54, 1.807) is 13.8 Å². The lowest BCUT2D eigenvalue weighted by Gasteiger charge is -2.42. The van der Waals surface area contributed by atoms with Gasteiger partial charge in [0.1, 0.15) is 5.78 Å². The van der Waals surface area contributed by atoms with E-state index >= 15 is 0 Å². The molecule has 1 rings (SSSR count). The molecule has 0 aromatic carbocycles. The smallest absolute Gasteiger partial charge is 0.136 e. The van der Waals surface area contributed by atoms with E-state index in [4.69, 9.17) is 0 Å². The zero-order chi connectivity index (χ0) is 12.3. The summed E-state index contributed by atoms with van der Waals surface area (Å²) in [5, 5.41) is 11.2. The first kappa shape index (κ1) is 13.2. The number of carboxylic acids is 1. The van der Waals surface area contributed by atoms with Gasteiger partial charge in [0.15, 0.2) is 0 Å². The van der Waals surface area contributed by atoms with E-state index in [2.05, 4.69) is 0 Å². The molecule has 2 atom stereocenters. The van der Waals surface area contributed by atoms with Gasteiger partial charge in [-0.15, -0.1) is 0 Å². The highest BCUT2D eigenvalue weighted by Gasteiger charge is 2.40. The molecule has 16 heavy (non-hydrogen) atoms. The van der Waals surface area contributed by atoms with Crippen LogP contribution in [0.1, 0.15) is 52.9 Å². The van der Waals surface area contributed by atoms with E-state index in [1.807, 2.05) is 6.92 Å². The van der Waals surface area contributed by atoms with Crippen LogP contribution in [0.25, 0.3) is 0 Å². The topological polar surface area (TPSA) is 57.2 Å². The maximum atomic E-state index is 11.8. The molecule has 1 saturated carbocycles. The Morgan fingerprint density at radius 3 is 2.31 bits per heavy atom. The zero-order valence-corrected chi connectivity index (χ0v) is 10.4. The van der Waals surface area contributed by atoms with Crippen LogP contribution in [0.5, 0.6) is 0 Å². The van der Waals surface area contributed by atoms with Crippen molar-refractivity contribution in [1.29, 1.82) is 0 Å². The Morgan fingerprint density at radius 2 is 1.81 bits per heavy atom. The lowest BCUT2D eigenvalue weighted by atomic mass is 9.64. The summed E-state index contributed by atoms with van der Waals surface area (Å²) in [6.45, 7) is 5.22. The molecule has 3 heteroatoms. The van der Waals surface area contributed by atoms with E-state index in [-0.39, 0.29) is 17.6 Å². The van der Waals surface area contributed by atoms with Gasteiger partial charge in [-0.05, 0) is 18.8 Å². The number of aliphatic carboxylic acids is 1. The second-order valence-electron chi connectivity index (χ2n) is 5.33. The molecule has 1 aliphatic rings. The fourth-order valence-electron chi connectivity index (χ4n) is 2.79. The standard InChI is InChI=1S/C13H22O3/c1-4-11(14)9-7-5-6-8-10(9)13(2,3)12(15)16/h9-10H,4-8H2,1-3H3,(H,15,16)/p-1/t9-,10-/m0/s1. The van der Waals surface area contributed by atoms with Gasteiger partial charge >= 0.3 is 0 Å². The van der Waals surface area contributed by atoms with Crippen molar-refractivity contribution in [2.75, 3.05) is 0 Å². The highest BCUT2D eigenvalue weighted by Crippen LogP contribution is 2.42. The Morgan fingerprint density at radius 1 is 1.25 bits per heavy atom. The predicted molar refractivity (Wildman–Crippen MR) is 59.5 cm³/mol. The van der Waals surface area contributed by atoms with Crippen molar-refractivity contribution in [2.24, 2.45) is 17.3 Å². The second-order valence-corrected chi connectivity index (χ2v) is 5.33. The van der Waals surface area contributed by atoms with Crippen molar-refractivity contribution in [3.05, 3.63) is 0 Å². The van der Waals surface area contributed by atoms with Crippen LogP contribution >= 0.6 is 0 Å². The number of hydrogen-bond donors (Lipinski definition) is 0. The van der Waals surface area contributed by atoms with E-state index in [1.165, 1.54) is 0 Å². The second kappa shape index (κ2) is 4.98. The molecule has 0 bridgehead atoms. The number of carboxylic acid groups (broad SMARTS) is 1. The average Bonchev–Trinajstić information content (AvgIpc) is 2.27. The van der Waals surface area contributed by atoms with Crippen LogP contribution in [0.3, 0.4) is 0 Å². The first-order valence-corrected chi connectivity index (χ1v) is 6.15. The quantitative estimate of drug-likeness (QED) is 0.729. The molecule has 0 spiro atoms. The fraction of sp³-hybridized carbons (Fsp3) is 0.846. The monoisotopic (exact) mass is 225 g/mol. The summed E-state index contributed by atoms with van der Waals surface area (Å²) in [7, 11) is 0. The molecule has 0 amide bonds. The minimum atomic E-state index is -1.03. The Hall–Kier alpha value is -0.860. The van der Waals surface area contributed by atoms with E-state index < -0.39 is 11.4 Å². The van der Waals surface area contributed by atoms with Crippen molar-refractivity contribution in [3.63, 3.8) is 0 Å². The minimum Gasteiger partial charge on any atom is -0.550 e. The van der Waals surface area contributed by atoms with Crippen molar-refractivity contribution >= 4 is 11.8 Å². The van der Waals surface area contributed by atoms with Crippen molar-refractivity contribution in [1.82, 2.24) is 0 Å². The molecule has 0 aromatic rings. The first-order valence-electron chi connectivity index (χ1n) is 6.15. The highest BCUT2D eigenvalue weighted by molar-refractivity contribution is 5.82.